The number of nitrogens with zero attached hydrogens (tertiary/aromatic N) is 6. The number of hydrogen-bond acceptors (Lipinski definition) is 7. The third kappa shape index (κ3) is 2.47. The minimum absolute atomic E-state index is 0.0343. The summed E-state index contributed by atoms with van der Waals surface area (Å²) in [7, 11) is 0. The second kappa shape index (κ2) is 6.67. The Hall–Kier alpha value is -3.71. The van der Waals surface area contributed by atoms with Crippen molar-refractivity contribution < 1.29 is 0 Å². The van der Waals surface area contributed by atoms with Gasteiger partial charge in [-0.1, -0.05) is 12.1 Å². The number of fused-ring (bicyclic) bond motifs is 8. The van der Waals surface area contributed by atoms with Crippen molar-refractivity contribution in [3.63, 3.8) is 0 Å². The fourth-order valence-corrected chi connectivity index (χ4v) is 6.21. The summed E-state index contributed by atoms with van der Waals surface area (Å²) in [5, 5.41) is 4.60. The number of rotatable bonds is 3. The number of hydrogen-bond donors (Lipinski definition) is 1. The van der Waals surface area contributed by atoms with Crippen LogP contribution in [-0.2, 0) is 5.54 Å². The van der Waals surface area contributed by atoms with Crippen LogP contribution in [0.5, 0.6) is 0 Å². The summed E-state index contributed by atoms with van der Waals surface area (Å²) in [6.07, 6.45) is 9.38. The molecule has 1 N–H and O–H groups in total. The van der Waals surface area contributed by atoms with Gasteiger partial charge in [0.1, 0.15) is 5.82 Å². The zero-order valence-corrected chi connectivity index (χ0v) is 18.9. The van der Waals surface area contributed by atoms with Crippen molar-refractivity contribution >= 4 is 28.3 Å². The van der Waals surface area contributed by atoms with Crippen LogP contribution < -0.4 is 10.2 Å². The molecular formula is C27H25N7. The first-order valence-corrected chi connectivity index (χ1v) is 12.1. The van der Waals surface area contributed by atoms with Gasteiger partial charge in [-0.2, -0.15) is 0 Å². The Bertz CT molecular complexity index is 1420. The highest BCUT2D eigenvalue weighted by molar-refractivity contribution is 5.94. The minimum atomic E-state index is 0.0343. The lowest BCUT2D eigenvalue weighted by molar-refractivity contribution is 0.329. The van der Waals surface area contributed by atoms with E-state index in [1.165, 1.54) is 22.2 Å². The lowest BCUT2D eigenvalue weighted by atomic mass is 9.98. The maximum absolute atomic E-state index is 4.95. The van der Waals surface area contributed by atoms with E-state index in [2.05, 4.69) is 67.6 Å². The molecule has 1 saturated carbocycles. The van der Waals surface area contributed by atoms with E-state index in [-0.39, 0.29) is 5.54 Å². The van der Waals surface area contributed by atoms with Crippen LogP contribution in [0.15, 0.2) is 77.9 Å². The maximum atomic E-state index is 4.95. The van der Waals surface area contributed by atoms with E-state index in [0.717, 1.165) is 62.0 Å². The predicted molar refractivity (Wildman–Crippen MR) is 133 cm³/mol. The van der Waals surface area contributed by atoms with Gasteiger partial charge in [-0.05, 0) is 53.5 Å². The molecule has 8 rings (SSSR count). The van der Waals surface area contributed by atoms with E-state index in [1.54, 1.807) is 0 Å². The van der Waals surface area contributed by atoms with Gasteiger partial charge in [0.2, 0.25) is 5.96 Å². The average Bonchev–Trinajstić information content (AvgIpc) is 3.46. The van der Waals surface area contributed by atoms with Crippen molar-refractivity contribution in [2.24, 2.45) is 10.9 Å². The van der Waals surface area contributed by atoms with E-state index in [9.17, 15) is 0 Å². The molecule has 0 radical (unpaired) electrons. The molecule has 2 atom stereocenters. The summed E-state index contributed by atoms with van der Waals surface area (Å²) in [6, 6.07) is 15.2. The van der Waals surface area contributed by atoms with Crippen molar-refractivity contribution in [3.05, 3.63) is 84.1 Å². The van der Waals surface area contributed by atoms with Gasteiger partial charge in [-0.25, -0.2) is 9.98 Å². The van der Waals surface area contributed by atoms with Gasteiger partial charge in [0, 0.05) is 68.0 Å². The van der Waals surface area contributed by atoms with Crippen LogP contribution in [0.25, 0.3) is 16.5 Å². The topological polar surface area (TPSA) is 59.9 Å². The third-order valence-corrected chi connectivity index (χ3v) is 8.08. The van der Waals surface area contributed by atoms with Crippen molar-refractivity contribution in [1.82, 2.24) is 25.1 Å². The molecule has 1 aromatic carbocycles. The first kappa shape index (κ1) is 18.7. The molecule has 168 valence electrons. The van der Waals surface area contributed by atoms with Gasteiger partial charge in [-0.3, -0.25) is 4.98 Å². The molecule has 7 heteroatoms. The summed E-state index contributed by atoms with van der Waals surface area (Å²) >= 11 is 0. The van der Waals surface area contributed by atoms with E-state index < -0.39 is 0 Å². The third-order valence-electron chi connectivity index (χ3n) is 8.08. The number of anilines is 1. The van der Waals surface area contributed by atoms with Gasteiger partial charge in [-0.15, -0.1) is 0 Å². The summed E-state index contributed by atoms with van der Waals surface area (Å²) in [6.45, 7) is 4.91. The van der Waals surface area contributed by atoms with E-state index in [4.69, 9.17) is 9.98 Å². The summed E-state index contributed by atoms with van der Waals surface area (Å²) < 4.78 is 0. The Labute approximate surface area is 198 Å². The number of pyridine rings is 2. The molecule has 7 nitrogen and oxygen atoms in total. The molecule has 6 heterocycles. The zero-order valence-electron chi connectivity index (χ0n) is 18.9. The highest BCUT2D eigenvalue weighted by Crippen LogP contribution is 2.68. The lowest BCUT2D eigenvalue weighted by Crippen LogP contribution is -2.46. The van der Waals surface area contributed by atoms with Gasteiger partial charge in [0.25, 0.3) is 0 Å². The van der Waals surface area contributed by atoms with Crippen LogP contribution in [0, 0.1) is 5.92 Å². The number of nitrogens with one attached hydrogen (secondary N) is 1. The van der Waals surface area contributed by atoms with Crippen molar-refractivity contribution in [2.75, 3.05) is 37.6 Å². The molecule has 1 aliphatic carbocycles. The van der Waals surface area contributed by atoms with Crippen LogP contribution in [0.3, 0.4) is 0 Å². The zero-order chi connectivity index (χ0) is 22.3. The van der Waals surface area contributed by atoms with E-state index in [1.807, 2.05) is 24.7 Å². The molecule has 34 heavy (non-hydrogen) atoms. The number of piperazine rings is 1. The molecule has 2 aromatic heterocycles. The lowest BCUT2D eigenvalue weighted by Gasteiger charge is -2.37. The molecule has 3 aromatic rings. The average molecular weight is 448 g/mol. The molecule has 0 amide bonds. The van der Waals surface area contributed by atoms with Crippen molar-refractivity contribution in [2.45, 2.75) is 12.0 Å². The summed E-state index contributed by atoms with van der Waals surface area (Å²) in [5.74, 6) is 2.66. The SMILES string of the molecule is C1=C(c2ccc(N3CCNCC3)nc2)CN2C3=CN(C2=N1)C1(c2ccc4ncccc4c2)CC31. The number of aromatic nitrogens is 2. The van der Waals surface area contributed by atoms with E-state index in [0.29, 0.717) is 5.92 Å². The Morgan fingerprint density at radius 1 is 1.03 bits per heavy atom. The molecule has 0 spiro atoms. The van der Waals surface area contributed by atoms with Gasteiger partial charge in [0.15, 0.2) is 0 Å². The smallest absolute Gasteiger partial charge is 0.210 e. The van der Waals surface area contributed by atoms with Gasteiger partial charge in [0.05, 0.1) is 17.6 Å². The van der Waals surface area contributed by atoms with Gasteiger partial charge < -0.3 is 20.0 Å². The van der Waals surface area contributed by atoms with E-state index >= 15 is 0 Å². The van der Waals surface area contributed by atoms with Crippen LogP contribution >= 0.6 is 0 Å². The molecule has 2 unspecified atom stereocenters. The molecule has 2 fully saturated rings. The first-order chi connectivity index (χ1) is 16.8. The molecule has 1 saturated heterocycles. The monoisotopic (exact) mass is 447 g/mol. The number of aliphatic imine (C=N–C) groups is 1. The van der Waals surface area contributed by atoms with Crippen molar-refractivity contribution in [1.29, 1.82) is 0 Å². The Morgan fingerprint density at radius 3 is 2.85 bits per heavy atom. The highest BCUT2D eigenvalue weighted by Gasteiger charge is 2.70. The Morgan fingerprint density at radius 2 is 1.97 bits per heavy atom. The first-order valence-electron chi connectivity index (χ1n) is 12.1. The maximum Gasteiger partial charge on any atom is 0.210 e. The second-order valence-corrected chi connectivity index (χ2v) is 9.83. The number of guanidine groups is 1. The van der Waals surface area contributed by atoms with Crippen molar-refractivity contribution in [3.8, 4) is 0 Å². The van der Waals surface area contributed by atoms with Crippen LogP contribution in [0.1, 0.15) is 17.5 Å². The molecule has 5 aliphatic rings. The quantitative estimate of drug-likeness (QED) is 0.666. The fourth-order valence-electron chi connectivity index (χ4n) is 6.21. The summed E-state index contributed by atoms with van der Waals surface area (Å²) in [4.78, 5) is 21.4. The highest BCUT2D eigenvalue weighted by atomic mass is 15.5. The molecular weight excluding hydrogens is 422 g/mol. The largest absolute Gasteiger partial charge is 0.354 e. The molecule has 4 aliphatic heterocycles. The van der Waals surface area contributed by atoms with Crippen LogP contribution in [0.4, 0.5) is 5.82 Å². The number of benzene rings is 1. The predicted octanol–water partition coefficient (Wildman–Crippen LogP) is 3.14. The summed E-state index contributed by atoms with van der Waals surface area (Å²) in [5.41, 5.74) is 6.24. The Balaban J connectivity index is 1.08. The second-order valence-electron chi connectivity index (χ2n) is 9.83. The normalized spacial score (nSPS) is 26.8. The Kier molecular flexibility index (Phi) is 3.67. The molecule has 2 bridgehead atoms. The minimum Gasteiger partial charge on any atom is -0.354 e. The standard InChI is InChI=1S/C27H25N7/c1-2-18-12-21(4-5-23(18)29-7-1)27-13-22(27)24-17-34(27)26-31-15-20(16-33(24)26)19-3-6-25(30-14-19)32-10-8-28-9-11-32/h1-7,12,14-15,17,22,28H,8-11,13,16H2. The van der Waals surface area contributed by atoms with Crippen LogP contribution in [-0.4, -0.2) is 58.5 Å². The van der Waals surface area contributed by atoms with Gasteiger partial charge >= 0.3 is 0 Å². The van der Waals surface area contributed by atoms with Crippen LogP contribution in [0.2, 0.25) is 0 Å². The fraction of sp³-hybridized carbons (Fsp3) is 0.296.